The second-order valence-corrected chi connectivity index (χ2v) is 5.73. The molecule has 0 radical (unpaired) electrons. The third kappa shape index (κ3) is 2.62. The lowest BCUT2D eigenvalue weighted by Crippen LogP contribution is -2.38. The Balaban J connectivity index is 1.60. The van der Waals surface area contributed by atoms with E-state index in [0.29, 0.717) is 12.6 Å². The monoisotopic (exact) mass is 311 g/mol. The van der Waals surface area contributed by atoms with Crippen LogP contribution in [-0.4, -0.2) is 32.5 Å². The number of hydrogen-bond acceptors (Lipinski definition) is 3. The molecule has 3 rings (SSSR count). The molecule has 1 fully saturated rings. The van der Waals surface area contributed by atoms with Gasteiger partial charge in [-0.3, -0.25) is 0 Å². The van der Waals surface area contributed by atoms with Crippen molar-refractivity contribution in [2.24, 2.45) is 0 Å². The second kappa shape index (κ2) is 5.70. The Kier molecular flexibility index (Phi) is 3.99. The Morgan fingerprint density at radius 3 is 3.11 bits per heavy atom. The molecule has 1 heterocycles. The fourth-order valence-electron chi connectivity index (χ4n) is 2.75. The predicted octanol–water partition coefficient (Wildman–Crippen LogP) is 2.44. The van der Waals surface area contributed by atoms with Gasteiger partial charge in [-0.25, -0.2) is 0 Å². The molecule has 18 heavy (non-hydrogen) atoms. The molecule has 2 unspecified atom stereocenters. The van der Waals surface area contributed by atoms with Crippen molar-refractivity contribution in [3.8, 4) is 0 Å². The molecule has 0 bridgehead atoms. The molecular weight excluding hydrogens is 294 g/mol. The van der Waals surface area contributed by atoms with Crippen LogP contribution in [0.25, 0.3) is 0 Å². The van der Waals surface area contributed by atoms with E-state index in [0.717, 1.165) is 26.2 Å². The van der Waals surface area contributed by atoms with Crippen molar-refractivity contribution >= 4 is 15.9 Å². The molecule has 0 spiro atoms. The first-order valence-electron chi connectivity index (χ1n) is 6.54. The number of nitrogens with one attached hydrogen (secondary N) is 1. The van der Waals surface area contributed by atoms with Gasteiger partial charge in [0.25, 0.3) is 0 Å². The largest absolute Gasteiger partial charge is 0.376 e. The lowest BCUT2D eigenvalue weighted by atomic mass is 10.1. The van der Waals surface area contributed by atoms with Crippen molar-refractivity contribution in [3.63, 3.8) is 0 Å². The van der Waals surface area contributed by atoms with E-state index in [-0.39, 0.29) is 6.10 Å². The summed E-state index contributed by atoms with van der Waals surface area (Å²) < 4.78 is 12.3. The first-order valence-corrected chi connectivity index (χ1v) is 7.34. The first kappa shape index (κ1) is 12.6. The molecular formula is C14H18BrNO2. The topological polar surface area (TPSA) is 30.5 Å². The quantitative estimate of drug-likeness (QED) is 0.930. The summed E-state index contributed by atoms with van der Waals surface area (Å²) >= 11 is 3.63. The smallest absolute Gasteiger partial charge is 0.0933 e. The standard InChI is InChI=1S/C14H18BrNO2/c15-13-3-1-2-12-11(13)4-5-14(12)16-8-10-9-17-6-7-18-10/h1-3,10,14,16H,4-9H2. The van der Waals surface area contributed by atoms with Crippen molar-refractivity contribution in [1.82, 2.24) is 5.32 Å². The van der Waals surface area contributed by atoms with E-state index in [1.807, 2.05) is 0 Å². The van der Waals surface area contributed by atoms with Gasteiger partial charge in [0.1, 0.15) is 0 Å². The van der Waals surface area contributed by atoms with E-state index in [4.69, 9.17) is 9.47 Å². The Morgan fingerprint density at radius 1 is 1.33 bits per heavy atom. The Bertz CT molecular complexity index is 418. The maximum Gasteiger partial charge on any atom is 0.0933 e. The third-order valence-corrected chi connectivity index (χ3v) is 4.43. The lowest BCUT2D eigenvalue weighted by molar-refractivity contribution is -0.0870. The Hall–Kier alpha value is -0.420. The van der Waals surface area contributed by atoms with Crippen LogP contribution in [0.1, 0.15) is 23.6 Å². The number of halogens is 1. The average Bonchev–Trinajstić information content (AvgIpc) is 2.82. The fourth-order valence-corrected chi connectivity index (χ4v) is 3.33. The van der Waals surface area contributed by atoms with Crippen LogP contribution in [-0.2, 0) is 15.9 Å². The zero-order valence-electron chi connectivity index (χ0n) is 10.3. The molecule has 1 aliphatic heterocycles. The van der Waals surface area contributed by atoms with Gasteiger partial charge in [-0.1, -0.05) is 28.1 Å². The van der Waals surface area contributed by atoms with E-state index < -0.39 is 0 Å². The molecule has 3 nitrogen and oxygen atoms in total. The minimum absolute atomic E-state index is 0.204. The summed E-state index contributed by atoms with van der Waals surface area (Å²) in [6, 6.07) is 6.92. The summed E-state index contributed by atoms with van der Waals surface area (Å²) in [6.45, 7) is 3.04. The maximum atomic E-state index is 5.65. The SMILES string of the molecule is Brc1cccc2c1CCC2NCC1COCCO1. The van der Waals surface area contributed by atoms with E-state index in [1.54, 1.807) is 0 Å². The van der Waals surface area contributed by atoms with E-state index in [2.05, 4.69) is 39.4 Å². The van der Waals surface area contributed by atoms with Crippen molar-refractivity contribution < 1.29 is 9.47 Å². The Labute approximate surface area is 116 Å². The molecule has 1 aliphatic carbocycles. The van der Waals surface area contributed by atoms with Crippen LogP contribution in [0, 0.1) is 0 Å². The van der Waals surface area contributed by atoms with Crippen LogP contribution in [0.2, 0.25) is 0 Å². The van der Waals surface area contributed by atoms with Crippen molar-refractivity contribution in [2.45, 2.75) is 25.0 Å². The van der Waals surface area contributed by atoms with Gasteiger partial charge in [-0.05, 0) is 30.0 Å². The van der Waals surface area contributed by atoms with Gasteiger partial charge >= 0.3 is 0 Å². The zero-order valence-corrected chi connectivity index (χ0v) is 11.9. The third-order valence-electron chi connectivity index (χ3n) is 3.69. The van der Waals surface area contributed by atoms with Crippen LogP contribution in [0.15, 0.2) is 22.7 Å². The lowest BCUT2D eigenvalue weighted by Gasteiger charge is -2.25. The Morgan fingerprint density at radius 2 is 2.28 bits per heavy atom. The van der Waals surface area contributed by atoms with Crippen LogP contribution in [0.5, 0.6) is 0 Å². The minimum atomic E-state index is 0.204. The van der Waals surface area contributed by atoms with Gasteiger partial charge in [0.05, 0.1) is 25.9 Å². The second-order valence-electron chi connectivity index (χ2n) is 4.87. The maximum absolute atomic E-state index is 5.65. The normalized spacial score (nSPS) is 27.2. The number of hydrogen-bond donors (Lipinski definition) is 1. The number of benzene rings is 1. The molecule has 0 amide bonds. The van der Waals surface area contributed by atoms with Gasteiger partial charge in [-0.2, -0.15) is 0 Å². The molecule has 2 aliphatic rings. The molecule has 2 atom stereocenters. The molecule has 1 saturated heterocycles. The average molecular weight is 312 g/mol. The highest BCUT2D eigenvalue weighted by molar-refractivity contribution is 9.10. The van der Waals surface area contributed by atoms with Crippen LogP contribution in [0.4, 0.5) is 0 Å². The van der Waals surface area contributed by atoms with Gasteiger partial charge in [0.2, 0.25) is 0 Å². The fraction of sp³-hybridized carbons (Fsp3) is 0.571. The van der Waals surface area contributed by atoms with Crippen LogP contribution >= 0.6 is 15.9 Å². The number of rotatable bonds is 3. The van der Waals surface area contributed by atoms with Crippen molar-refractivity contribution in [3.05, 3.63) is 33.8 Å². The molecule has 1 N–H and O–H groups in total. The van der Waals surface area contributed by atoms with Crippen molar-refractivity contribution in [1.29, 1.82) is 0 Å². The summed E-state index contributed by atoms with van der Waals surface area (Å²) in [4.78, 5) is 0. The van der Waals surface area contributed by atoms with Crippen molar-refractivity contribution in [2.75, 3.05) is 26.4 Å². The number of ether oxygens (including phenoxy) is 2. The predicted molar refractivity (Wildman–Crippen MR) is 73.8 cm³/mol. The van der Waals surface area contributed by atoms with Gasteiger partial charge in [-0.15, -0.1) is 0 Å². The zero-order chi connectivity index (χ0) is 12.4. The summed E-state index contributed by atoms with van der Waals surface area (Å²) in [6.07, 6.45) is 2.53. The van der Waals surface area contributed by atoms with Gasteiger partial charge in [0.15, 0.2) is 0 Å². The van der Waals surface area contributed by atoms with E-state index in [1.165, 1.54) is 22.0 Å². The first-order chi connectivity index (χ1) is 8.84. The molecule has 0 aromatic heterocycles. The molecule has 1 aromatic rings. The number of fused-ring (bicyclic) bond motifs is 1. The van der Waals surface area contributed by atoms with Gasteiger partial charge in [0, 0.05) is 17.1 Å². The summed E-state index contributed by atoms with van der Waals surface area (Å²) in [5.74, 6) is 0. The summed E-state index contributed by atoms with van der Waals surface area (Å²) in [5.41, 5.74) is 2.89. The van der Waals surface area contributed by atoms with E-state index in [9.17, 15) is 0 Å². The highest BCUT2D eigenvalue weighted by atomic mass is 79.9. The minimum Gasteiger partial charge on any atom is -0.376 e. The summed E-state index contributed by atoms with van der Waals surface area (Å²) in [7, 11) is 0. The molecule has 1 aromatic carbocycles. The molecule has 0 saturated carbocycles. The van der Waals surface area contributed by atoms with E-state index >= 15 is 0 Å². The summed E-state index contributed by atoms with van der Waals surface area (Å²) in [5, 5.41) is 3.61. The van der Waals surface area contributed by atoms with Crippen LogP contribution < -0.4 is 5.32 Å². The highest BCUT2D eigenvalue weighted by Gasteiger charge is 2.24. The highest BCUT2D eigenvalue weighted by Crippen LogP contribution is 2.35. The van der Waals surface area contributed by atoms with Crippen LogP contribution in [0.3, 0.4) is 0 Å². The molecule has 4 heteroatoms. The molecule has 98 valence electrons. The van der Waals surface area contributed by atoms with Gasteiger partial charge < -0.3 is 14.8 Å².